The number of benzene rings is 1. The fourth-order valence-corrected chi connectivity index (χ4v) is 2.38. The van der Waals surface area contributed by atoms with Gasteiger partial charge in [-0.25, -0.2) is 0 Å². The van der Waals surface area contributed by atoms with Crippen molar-refractivity contribution < 1.29 is 18.3 Å². The highest BCUT2D eigenvalue weighted by atomic mass is 32.2. The highest BCUT2D eigenvalue weighted by molar-refractivity contribution is 7.90. The van der Waals surface area contributed by atoms with Crippen LogP contribution in [0.5, 0.6) is 0 Å². The maximum absolute atomic E-state index is 11.8. The van der Waals surface area contributed by atoms with Gasteiger partial charge in [0.15, 0.2) is 0 Å². The zero-order valence-corrected chi connectivity index (χ0v) is 12.3. The number of rotatable bonds is 6. The highest BCUT2D eigenvalue weighted by Crippen LogP contribution is 2.14. The molecule has 0 radical (unpaired) electrons. The number of anilines is 1. The van der Waals surface area contributed by atoms with E-state index >= 15 is 0 Å². The third kappa shape index (κ3) is 6.04. The van der Waals surface area contributed by atoms with E-state index in [1.165, 1.54) is 7.11 Å². The molecule has 20 heavy (non-hydrogen) atoms. The summed E-state index contributed by atoms with van der Waals surface area (Å²) in [5.41, 5.74) is 1.91. The average molecular weight is 298 g/mol. The Morgan fingerprint density at radius 3 is 2.75 bits per heavy atom. The van der Waals surface area contributed by atoms with Gasteiger partial charge >= 0.3 is 0 Å². The number of hydrogen-bond donors (Lipinski definition) is 3. The molecular weight excluding hydrogens is 280 g/mol. The van der Waals surface area contributed by atoms with Crippen molar-refractivity contribution in [2.45, 2.75) is 6.92 Å². The van der Waals surface area contributed by atoms with Crippen molar-refractivity contribution >= 4 is 15.9 Å². The molecule has 1 aromatic carbocycles. The van der Waals surface area contributed by atoms with Gasteiger partial charge in [-0.05, 0) is 30.7 Å². The highest BCUT2D eigenvalue weighted by Gasteiger charge is 2.09. The lowest BCUT2D eigenvalue weighted by Crippen LogP contribution is -2.32. The molecule has 0 fully saturated rings. The molecule has 0 aliphatic carbocycles. The third-order valence-electron chi connectivity index (χ3n) is 2.24. The second-order valence-corrected chi connectivity index (χ2v) is 5.54. The fourth-order valence-electron chi connectivity index (χ4n) is 1.53. The maximum atomic E-state index is 11.8. The molecule has 0 atom stereocenters. The van der Waals surface area contributed by atoms with Crippen molar-refractivity contribution in [3.8, 4) is 11.8 Å². The van der Waals surface area contributed by atoms with Gasteiger partial charge in [0.25, 0.3) is 10.2 Å². The molecule has 0 aliphatic heterocycles. The topological polar surface area (TPSA) is 87.7 Å². The smallest absolute Gasteiger partial charge is 0.299 e. The number of aliphatic hydroxyl groups excluding tert-OH is 1. The predicted octanol–water partition coefficient (Wildman–Crippen LogP) is 0.232. The third-order valence-corrected chi connectivity index (χ3v) is 3.33. The number of nitrogens with one attached hydrogen (secondary N) is 2. The van der Waals surface area contributed by atoms with Gasteiger partial charge in [0, 0.05) is 19.2 Å². The molecule has 0 unspecified atom stereocenters. The second kappa shape index (κ2) is 7.87. The van der Waals surface area contributed by atoms with Crippen LogP contribution < -0.4 is 9.44 Å². The van der Waals surface area contributed by atoms with E-state index in [-0.39, 0.29) is 13.2 Å². The molecule has 0 amide bonds. The van der Waals surface area contributed by atoms with Crippen LogP contribution >= 0.6 is 0 Å². The number of aryl methyl sites for hydroxylation is 1. The van der Waals surface area contributed by atoms with Crippen LogP contribution in [-0.4, -0.2) is 40.4 Å². The van der Waals surface area contributed by atoms with Crippen molar-refractivity contribution in [2.24, 2.45) is 0 Å². The Kier molecular flexibility index (Phi) is 6.48. The SMILES string of the molecule is COCCNS(=O)(=O)Nc1cc(C)cc(C#CCO)c1. The summed E-state index contributed by atoms with van der Waals surface area (Å²) in [6.07, 6.45) is 0. The van der Waals surface area contributed by atoms with Crippen molar-refractivity contribution in [1.82, 2.24) is 4.72 Å². The molecule has 6 nitrogen and oxygen atoms in total. The summed E-state index contributed by atoms with van der Waals surface area (Å²) < 4.78 is 33.0. The lowest BCUT2D eigenvalue weighted by Gasteiger charge is -2.10. The fraction of sp³-hybridized carbons (Fsp3) is 0.385. The summed E-state index contributed by atoms with van der Waals surface area (Å²) in [7, 11) is -2.14. The first-order valence-corrected chi connectivity index (χ1v) is 7.43. The average Bonchev–Trinajstić information content (AvgIpc) is 2.35. The van der Waals surface area contributed by atoms with Crippen LogP contribution in [0.4, 0.5) is 5.69 Å². The molecule has 0 heterocycles. The predicted molar refractivity (Wildman–Crippen MR) is 77.6 cm³/mol. The zero-order valence-electron chi connectivity index (χ0n) is 11.4. The van der Waals surface area contributed by atoms with E-state index in [0.29, 0.717) is 17.9 Å². The van der Waals surface area contributed by atoms with E-state index in [0.717, 1.165) is 5.56 Å². The number of ether oxygens (including phenoxy) is 1. The van der Waals surface area contributed by atoms with Crippen LogP contribution in [0.2, 0.25) is 0 Å². The monoisotopic (exact) mass is 298 g/mol. The van der Waals surface area contributed by atoms with Crippen LogP contribution in [0, 0.1) is 18.8 Å². The molecule has 0 bridgehead atoms. The minimum Gasteiger partial charge on any atom is -0.384 e. The van der Waals surface area contributed by atoms with Gasteiger partial charge in [0.05, 0.1) is 12.3 Å². The molecule has 3 N–H and O–H groups in total. The quantitative estimate of drug-likeness (QED) is 0.518. The summed E-state index contributed by atoms with van der Waals surface area (Å²) in [5.74, 6) is 5.26. The van der Waals surface area contributed by atoms with Crippen molar-refractivity contribution in [2.75, 3.05) is 31.6 Å². The molecule has 0 saturated heterocycles. The molecule has 0 aromatic heterocycles. The van der Waals surface area contributed by atoms with E-state index in [1.54, 1.807) is 18.2 Å². The van der Waals surface area contributed by atoms with Gasteiger partial charge in [-0.15, -0.1) is 0 Å². The molecule has 1 aromatic rings. The first-order valence-electron chi connectivity index (χ1n) is 5.94. The van der Waals surface area contributed by atoms with Gasteiger partial charge in [-0.3, -0.25) is 4.72 Å². The zero-order chi connectivity index (χ0) is 15.0. The summed E-state index contributed by atoms with van der Waals surface area (Å²) in [4.78, 5) is 0. The Balaban J connectivity index is 2.83. The maximum Gasteiger partial charge on any atom is 0.299 e. The lowest BCUT2D eigenvalue weighted by atomic mass is 10.1. The van der Waals surface area contributed by atoms with Crippen molar-refractivity contribution in [1.29, 1.82) is 0 Å². The Hall–Kier alpha value is -1.59. The molecule has 110 valence electrons. The summed E-state index contributed by atoms with van der Waals surface area (Å²) in [6.45, 7) is 2.07. The molecular formula is C13H18N2O4S. The van der Waals surface area contributed by atoms with Crippen molar-refractivity contribution in [3.63, 3.8) is 0 Å². The lowest BCUT2D eigenvalue weighted by molar-refractivity contribution is 0.204. The molecule has 0 aliphatic rings. The van der Waals surface area contributed by atoms with Crippen LogP contribution in [0.15, 0.2) is 18.2 Å². The van der Waals surface area contributed by atoms with E-state index < -0.39 is 10.2 Å². The van der Waals surface area contributed by atoms with Gasteiger partial charge in [-0.1, -0.05) is 11.8 Å². The Morgan fingerprint density at radius 2 is 2.10 bits per heavy atom. The van der Waals surface area contributed by atoms with E-state index in [4.69, 9.17) is 9.84 Å². The summed E-state index contributed by atoms with van der Waals surface area (Å²) in [6, 6.07) is 5.10. The minimum atomic E-state index is -3.64. The first-order chi connectivity index (χ1) is 9.46. The van der Waals surface area contributed by atoms with Gasteiger partial charge in [-0.2, -0.15) is 13.1 Å². The molecule has 7 heteroatoms. The molecule has 0 spiro atoms. The standard InChI is InChI=1S/C13H18N2O4S/c1-11-8-12(4-3-6-16)10-13(9-11)15-20(17,18)14-5-7-19-2/h8-10,14-16H,5-7H2,1-2H3. The Bertz CT molecular complexity index is 603. The number of aliphatic hydroxyl groups is 1. The largest absolute Gasteiger partial charge is 0.384 e. The summed E-state index contributed by atoms with van der Waals surface area (Å²) >= 11 is 0. The van der Waals surface area contributed by atoms with Crippen LogP contribution in [0.25, 0.3) is 0 Å². The first kappa shape index (κ1) is 16.5. The van der Waals surface area contributed by atoms with Crippen molar-refractivity contribution in [3.05, 3.63) is 29.3 Å². The van der Waals surface area contributed by atoms with Gasteiger partial charge in [0.1, 0.15) is 6.61 Å². The van der Waals surface area contributed by atoms with Gasteiger partial charge < -0.3 is 9.84 Å². The summed E-state index contributed by atoms with van der Waals surface area (Å²) in [5, 5.41) is 8.67. The van der Waals surface area contributed by atoms with Crippen LogP contribution in [0.1, 0.15) is 11.1 Å². The minimum absolute atomic E-state index is 0.189. The normalized spacial score (nSPS) is 10.8. The molecule has 0 saturated carbocycles. The van der Waals surface area contributed by atoms with Gasteiger partial charge in [0.2, 0.25) is 0 Å². The van der Waals surface area contributed by atoms with E-state index in [1.807, 2.05) is 6.92 Å². The Morgan fingerprint density at radius 1 is 1.35 bits per heavy atom. The Labute approximate surface area is 119 Å². The number of methoxy groups -OCH3 is 1. The van der Waals surface area contributed by atoms with Crippen LogP contribution in [-0.2, 0) is 14.9 Å². The second-order valence-electron chi connectivity index (χ2n) is 4.04. The van der Waals surface area contributed by atoms with Crippen LogP contribution in [0.3, 0.4) is 0 Å². The molecule has 1 rings (SSSR count). The number of hydrogen-bond acceptors (Lipinski definition) is 4. The van der Waals surface area contributed by atoms with E-state index in [2.05, 4.69) is 21.3 Å². The van der Waals surface area contributed by atoms with E-state index in [9.17, 15) is 8.42 Å².